The van der Waals surface area contributed by atoms with E-state index in [4.69, 9.17) is 21.1 Å². The van der Waals surface area contributed by atoms with Crippen LogP contribution in [0.1, 0.15) is 16.7 Å². The molecule has 8 heteroatoms. The molecule has 156 valence electrons. The molecule has 1 N–H and O–H groups in total. The Hall–Kier alpha value is -3.03. The first-order valence-corrected chi connectivity index (χ1v) is 10.9. The van der Waals surface area contributed by atoms with Gasteiger partial charge in [0.05, 0.1) is 18.2 Å². The van der Waals surface area contributed by atoms with Crippen LogP contribution in [0, 0.1) is 6.92 Å². The summed E-state index contributed by atoms with van der Waals surface area (Å²) in [5.74, 6) is 1.07. The molecule has 0 radical (unpaired) electrons. The fraction of sp³-hybridized carbons (Fsp3) is 0.136. The quantitative estimate of drug-likeness (QED) is 0.408. The van der Waals surface area contributed by atoms with Gasteiger partial charge >= 0.3 is 0 Å². The number of hydrazone groups is 1. The SMILES string of the molecule is COc1cc(/C=N\NS(=O)(=O)c2ccc(C)cc2)ccc1OCc1ccc(Cl)cc1. The van der Waals surface area contributed by atoms with Crippen LogP contribution in [-0.2, 0) is 16.6 Å². The Bertz CT molecular complexity index is 1130. The highest BCUT2D eigenvalue weighted by Crippen LogP contribution is 2.28. The van der Waals surface area contributed by atoms with Crippen molar-refractivity contribution >= 4 is 27.8 Å². The van der Waals surface area contributed by atoms with Crippen LogP contribution in [0.3, 0.4) is 0 Å². The zero-order valence-corrected chi connectivity index (χ0v) is 18.1. The molecule has 0 bridgehead atoms. The van der Waals surface area contributed by atoms with Crippen molar-refractivity contribution in [2.24, 2.45) is 5.10 Å². The van der Waals surface area contributed by atoms with E-state index in [1.165, 1.54) is 25.5 Å². The first kappa shape index (κ1) is 21.7. The van der Waals surface area contributed by atoms with E-state index in [1.54, 1.807) is 42.5 Å². The van der Waals surface area contributed by atoms with Crippen LogP contribution >= 0.6 is 11.6 Å². The summed E-state index contributed by atoms with van der Waals surface area (Å²) in [6, 6.07) is 19.1. The number of sulfonamides is 1. The molecule has 0 aliphatic carbocycles. The highest BCUT2D eigenvalue weighted by atomic mass is 35.5. The van der Waals surface area contributed by atoms with Gasteiger partial charge in [-0.15, -0.1) is 0 Å². The summed E-state index contributed by atoms with van der Waals surface area (Å²) in [6.07, 6.45) is 1.40. The minimum atomic E-state index is -3.73. The van der Waals surface area contributed by atoms with Crippen LogP contribution in [0.15, 0.2) is 76.7 Å². The van der Waals surface area contributed by atoms with Crippen molar-refractivity contribution in [2.45, 2.75) is 18.4 Å². The number of rotatable bonds is 8. The van der Waals surface area contributed by atoms with Crippen LogP contribution in [-0.4, -0.2) is 21.7 Å². The van der Waals surface area contributed by atoms with E-state index in [-0.39, 0.29) is 4.90 Å². The van der Waals surface area contributed by atoms with Gasteiger partial charge in [-0.3, -0.25) is 0 Å². The third kappa shape index (κ3) is 5.75. The maximum Gasteiger partial charge on any atom is 0.276 e. The molecule has 0 saturated heterocycles. The summed E-state index contributed by atoms with van der Waals surface area (Å²) >= 11 is 5.89. The molecule has 3 rings (SSSR count). The lowest BCUT2D eigenvalue weighted by molar-refractivity contribution is 0.284. The average Bonchev–Trinajstić information content (AvgIpc) is 2.74. The van der Waals surface area contributed by atoms with E-state index < -0.39 is 10.0 Å². The number of nitrogens with one attached hydrogen (secondary N) is 1. The number of methoxy groups -OCH3 is 1. The number of benzene rings is 3. The molecular weight excluding hydrogens is 424 g/mol. The molecule has 0 saturated carbocycles. The second kappa shape index (κ2) is 9.65. The van der Waals surface area contributed by atoms with Gasteiger partial charge in [0.1, 0.15) is 6.61 Å². The number of nitrogens with zero attached hydrogens (tertiary/aromatic N) is 1. The van der Waals surface area contributed by atoms with Crippen molar-refractivity contribution in [3.8, 4) is 11.5 Å². The average molecular weight is 445 g/mol. The van der Waals surface area contributed by atoms with Crippen LogP contribution in [0.5, 0.6) is 11.5 Å². The van der Waals surface area contributed by atoms with E-state index in [2.05, 4.69) is 9.93 Å². The number of halogens is 1. The number of hydrogen-bond acceptors (Lipinski definition) is 5. The molecule has 3 aromatic carbocycles. The van der Waals surface area contributed by atoms with Crippen LogP contribution < -0.4 is 14.3 Å². The first-order chi connectivity index (χ1) is 14.4. The topological polar surface area (TPSA) is 77.0 Å². The molecule has 0 fully saturated rings. The Balaban J connectivity index is 1.66. The standard InChI is InChI=1S/C22H21ClN2O4S/c1-16-3-10-20(11-4-16)30(26,27)25-24-14-18-7-12-21(22(13-18)28-2)29-15-17-5-8-19(23)9-6-17/h3-14,25H,15H2,1-2H3/b24-14-. The molecule has 0 aromatic heterocycles. The van der Waals surface area contributed by atoms with Gasteiger partial charge in [-0.05, 0) is 60.5 Å². The summed E-state index contributed by atoms with van der Waals surface area (Å²) in [5.41, 5.74) is 2.60. The first-order valence-electron chi connectivity index (χ1n) is 9.04. The molecule has 0 amide bonds. The van der Waals surface area contributed by atoms with Crippen LogP contribution in [0.2, 0.25) is 5.02 Å². The van der Waals surface area contributed by atoms with Crippen molar-refractivity contribution in [1.82, 2.24) is 4.83 Å². The summed E-state index contributed by atoms with van der Waals surface area (Å²) < 4.78 is 35.7. The largest absolute Gasteiger partial charge is 0.493 e. The molecular formula is C22H21ClN2O4S. The number of ether oxygens (including phenoxy) is 2. The molecule has 0 aliphatic heterocycles. The van der Waals surface area contributed by atoms with Gasteiger partial charge in [-0.25, -0.2) is 4.83 Å². The van der Waals surface area contributed by atoms with E-state index >= 15 is 0 Å². The molecule has 30 heavy (non-hydrogen) atoms. The summed E-state index contributed by atoms with van der Waals surface area (Å²) in [6.45, 7) is 2.25. The van der Waals surface area contributed by atoms with Crippen LogP contribution in [0.25, 0.3) is 0 Å². The Labute approximate surface area is 181 Å². The van der Waals surface area contributed by atoms with E-state index in [1.807, 2.05) is 19.1 Å². The Morgan fingerprint density at radius 2 is 1.70 bits per heavy atom. The van der Waals surface area contributed by atoms with Gasteiger partial charge in [0, 0.05) is 5.02 Å². The predicted molar refractivity (Wildman–Crippen MR) is 118 cm³/mol. The zero-order chi connectivity index (χ0) is 21.6. The predicted octanol–water partition coefficient (Wildman–Crippen LogP) is 4.55. The van der Waals surface area contributed by atoms with Gasteiger partial charge < -0.3 is 9.47 Å². The van der Waals surface area contributed by atoms with Gasteiger partial charge in [0.15, 0.2) is 11.5 Å². The highest BCUT2D eigenvalue weighted by molar-refractivity contribution is 7.89. The second-order valence-corrected chi connectivity index (χ2v) is 8.59. The van der Waals surface area contributed by atoms with E-state index in [9.17, 15) is 8.42 Å². The third-order valence-electron chi connectivity index (χ3n) is 4.21. The molecule has 0 spiro atoms. The normalized spacial score (nSPS) is 11.4. The second-order valence-electron chi connectivity index (χ2n) is 6.49. The lowest BCUT2D eigenvalue weighted by atomic mass is 10.2. The monoisotopic (exact) mass is 444 g/mol. The lowest BCUT2D eigenvalue weighted by Crippen LogP contribution is -2.18. The Kier molecular flexibility index (Phi) is 6.97. The highest BCUT2D eigenvalue weighted by Gasteiger charge is 2.12. The molecule has 6 nitrogen and oxygen atoms in total. The lowest BCUT2D eigenvalue weighted by Gasteiger charge is -2.11. The molecule has 3 aromatic rings. The molecule has 0 heterocycles. The Morgan fingerprint density at radius 3 is 2.37 bits per heavy atom. The van der Waals surface area contributed by atoms with Crippen LogP contribution in [0.4, 0.5) is 0 Å². The van der Waals surface area contributed by atoms with Crippen molar-refractivity contribution in [3.05, 3.63) is 88.4 Å². The number of hydrogen-bond donors (Lipinski definition) is 1. The maximum absolute atomic E-state index is 12.3. The fourth-order valence-corrected chi connectivity index (χ4v) is 3.48. The van der Waals surface area contributed by atoms with Crippen molar-refractivity contribution in [2.75, 3.05) is 7.11 Å². The maximum atomic E-state index is 12.3. The fourth-order valence-electron chi connectivity index (χ4n) is 2.57. The summed E-state index contributed by atoms with van der Waals surface area (Å²) in [4.78, 5) is 2.35. The van der Waals surface area contributed by atoms with Gasteiger partial charge in [-0.2, -0.15) is 13.5 Å². The minimum Gasteiger partial charge on any atom is -0.493 e. The summed E-state index contributed by atoms with van der Waals surface area (Å²) in [7, 11) is -2.19. The summed E-state index contributed by atoms with van der Waals surface area (Å²) in [5, 5.41) is 4.51. The van der Waals surface area contributed by atoms with E-state index in [0.29, 0.717) is 28.7 Å². The molecule has 0 unspecified atom stereocenters. The zero-order valence-electron chi connectivity index (χ0n) is 16.5. The molecule has 0 aliphatic rings. The molecule has 0 atom stereocenters. The smallest absolute Gasteiger partial charge is 0.276 e. The van der Waals surface area contributed by atoms with Crippen molar-refractivity contribution in [1.29, 1.82) is 0 Å². The minimum absolute atomic E-state index is 0.147. The number of aryl methyl sites for hydroxylation is 1. The van der Waals surface area contributed by atoms with Crippen molar-refractivity contribution in [3.63, 3.8) is 0 Å². The third-order valence-corrected chi connectivity index (χ3v) is 5.70. The van der Waals surface area contributed by atoms with Gasteiger partial charge in [0.2, 0.25) is 0 Å². The van der Waals surface area contributed by atoms with Crippen molar-refractivity contribution < 1.29 is 17.9 Å². The van der Waals surface area contributed by atoms with E-state index in [0.717, 1.165) is 11.1 Å². The van der Waals surface area contributed by atoms with Gasteiger partial charge in [0.25, 0.3) is 10.0 Å². The van der Waals surface area contributed by atoms with Gasteiger partial charge in [-0.1, -0.05) is 41.4 Å². The Morgan fingerprint density at radius 1 is 1.00 bits per heavy atom.